The van der Waals surface area contributed by atoms with Crippen molar-refractivity contribution in [3.05, 3.63) is 300 Å². The summed E-state index contributed by atoms with van der Waals surface area (Å²) in [6, 6.07) is 76.5. The third kappa shape index (κ3) is 13.9. The number of hydrogen-bond donors (Lipinski definition) is 0. The number of likely N-dealkylation sites (N-methyl/N-ethyl adjacent to an activating group) is 2. The quantitative estimate of drug-likeness (QED) is 0.0498. The zero-order valence-corrected chi connectivity index (χ0v) is 58.0. The van der Waals surface area contributed by atoms with Gasteiger partial charge in [-0.05, 0) is 119 Å². The second-order valence-corrected chi connectivity index (χ2v) is 28.8. The summed E-state index contributed by atoms with van der Waals surface area (Å²) >= 11 is 3.73. The van der Waals surface area contributed by atoms with E-state index in [1.165, 1.54) is 140 Å². The molecular formula is C82H85FeN4O3S3+. The van der Waals surface area contributed by atoms with Gasteiger partial charge < -0.3 is 29.2 Å². The Hall–Kier alpha value is -7.73. The van der Waals surface area contributed by atoms with E-state index in [4.69, 9.17) is 0 Å². The van der Waals surface area contributed by atoms with Gasteiger partial charge in [-0.1, -0.05) is 250 Å². The summed E-state index contributed by atoms with van der Waals surface area (Å²) in [6.45, 7) is 0. The number of aromatic nitrogens is 2. The monoisotopic (exact) mass is 1330 g/mol. The molecule has 2 aromatic heterocycles. The molecule has 2 fully saturated rings. The van der Waals surface area contributed by atoms with Gasteiger partial charge in [-0.3, -0.25) is 0 Å². The van der Waals surface area contributed by atoms with E-state index in [-0.39, 0.29) is 42.8 Å². The van der Waals surface area contributed by atoms with E-state index in [0.29, 0.717) is 12.8 Å². The Balaban J connectivity index is 0.000000495. The summed E-state index contributed by atoms with van der Waals surface area (Å²) in [4.78, 5) is 4.89. The summed E-state index contributed by atoms with van der Waals surface area (Å²) < 4.78 is 38.2. The number of anilines is 2. The Labute approximate surface area is 571 Å². The van der Waals surface area contributed by atoms with Crippen molar-refractivity contribution in [2.24, 2.45) is 14.1 Å². The average molecular weight is 1330 g/mol. The molecule has 0 radical (unpaired) electrons. The third-order valence-corrected chi connectivity index (χ3v) is 23.3. The third-order valence-electron chi connectivity index (χ3n) is 19.5. The van der Waals surface area contributed by atoms with E-state index < -0.39 is 15.4 Å². The average Bonchev–Trinajstić information content (AvgIpc) is 1.59. The van der Waals surface area contributed by atoms with Crippen LogP contribution in [-0.4, -0.2) is 32.3 Å². The maximum Gasteiger partial charge on any atom is 2.00 e. The number of para-hydroxylation sites is 2. The summed E-state index contributed by atoms with van der Waals surface area (Å²) in [5.74, 6) is 0. The maximum absolute atomic E-state index is 10.3. The van der Waals surface area contributed by atoms with E-state index in [1.54, 1.807) is 0 Å². The van der Waals surface area contributed by atoms with Crippen molar-refractivity contribution in [1.82, 2.24) is 0 Å². The molecule has 15 rings (SSSR count). The van der Waals surface area contributed by atoms with Crippen LogP contribution in [0.25, 0.3) is 54.1 Å². The van der Waals surface area contributed by atoms with Crippen molar-refractivity contribution in [3.63, 3.8) is 0 Å². The van der Waals surface area contributed by atoms with Crippen LogP contribution in [0.3, 0.4) is 0 Å². The van der Waals surface area contributed by atoms with Gasteiger partial charge in [-0.2, -0.15) is 9.13 Å². The number of allylic oxidation sites excluding steroid dienone is 6. The summed E-state index contributed by atoms with van der Waals surface area (Å²) in [5.41, 5.74) is 15.1. The van der Waals surface area contributed by atoms with Crippen LogP contribution in [0.4, 0.5) is 11.4 Å². The van der Waals surface area contributed by atoms with Crippen LogP contribution in [0.1, 0.15) is 101 Å². The number of benzene rings is 9. The molecule has 0 saturated heterocycles. The number of fused-ring (bicyclic) bond motifs is 8. The zero-order valence-electron chi connectivity index (χ0n) is 54.5. The molecule has 476 valence electrons. The predicted molar refractivity (Wildman–Crippen MR) is 390 cm³/mol. The number of rotatable bonds is 13. The van der Waals surface area contributed by atoms with Gasteiger partial charge in [-0.15, -0.1) is 0 Å². The van der Waals surface area contributed by atoms with Gasteiger partial charge in [0.2, 0.25) is 11.0 Å². The Bertz CT molecular complexity index is 4360. The van der Waals surface area contributed by atoms with Crippen molar-refractivity contribution in [1.29, 1.82) is 0 Å². The van der Waals surface area contributed by atoms with Gasteiger partial charge in [0.1, 0.15) is 23.5 Å². The van der Waals surface area contributed by atoms with Crippen LogP contribution in [0.5, 0.6) is 0 Å². The minimum atomic E-state index is -3.95. The summed E-state index contributed by atoms with van der Waals surface area (Å²) in [6.07, 6.45) is 27.9. The van der Waals surface area contributed by atoms with E-state index in [2.05, 4.69) is 290 Å². The Morgan fingerprint density at radius 2 is 0.806 bits per heavy atom. The normalized spacial score (nSPS) is 18.6. The van der Waals surface area contributed by atoms with Crippen molar-refractivity contribution in [2.45, 2.75) is 99.6 Å². The molecule has 2 aliphatic carbocycles. The molecule has 2 atom stereocenters. The first kappa shape index (κ1) is 68.1. The molecule has 2 saturated carbocycles. The van der Waals surface area contributed by atoms with Crippen LogP contribution in [0.2, 0.25) is 0 Å². The Morgan fingerprint density at radius 1 is 0.462 bits per heavy atom. The van der Waals surface area contributed by atoms with Gasteiger partial charge in [0.15, 0.2) is 0 Å². The molecule has 93 heavy (non-hydrogen) atoms. The second-order valence-electron chi connectivity index (χ2n) is 25.1. The number of hydrogen-bond acceptors (Lipinski definition) is 7. The molecule has 0 N–H and O–H groups in total. The molecule has 9 aromatic carbocycles. The van der Waals surface area contributed by atoms with E-state index in [1.807, 2.05) is 22.7 Å². The molecular weight excluding hydrogens is 1240 g/mol. The van der Waals surface area contributed by atoms with Crippen molar-refractivity contribution in [2.75, 3.05) is 23.9 Å². The SMILES string of the molecule is C1CCCC1.CN1C(=CC=Cc2sc3c4ccccc4ccc3[n+]2C)C(Cc2ccccc2)(Cc2ccc(CC3(Cc4ccccc4)C(=CC=Cc4sc5c6ccccc6ccc5[n+]4C)N(C)c4ccccc43)cc2)c2ccccc21.O=S(=O)([O-])C1CCCC1.[CH3-].[CH3-].[Fe+2]. The molecule has 7 nitrogen and oxygen atoms in total. The van der Waals surface area contributed by atoms with Crippen molar-refractivity contribution < 1.29 is 39.2 Å². The van der Waals surface area contributed by atoms with E-state index >= 15 is 0 Å². The molecule has 4 heterocycles. The number of nitrogens with zero attached hydrogens (tertiary/aromatic N) is 4. The van der Waals surface area contributed by atoms with Crippen LogP contribution in [0, 0.1) is 14.9 Å². The summed E-state index contributed by atoms with van der Waals surface area (Å²) in [7, 11) is 4.95. The molecule has 2 unspecified atom stereocenters. The van der Waals surface area contributed by atoms with Crippen LogP contribution < -0.4 is 18.9 Å². The van der Waals surface area contributed by atoms with Gasteiger partial charge >= 0.3 is 17.1 Å². The Kier molecular flexibility index (Phi) is 21.8. The minimum absolute atomic E-state index is 0. The standard InChI is InChI=1S/C70H60N4S2.C5H10O3S.C5H10.2CH3.Fe/c1-71-59-31-17-15-29-57(59)69(45-49-21-7-5-8-22-49,63(71)33-19-35-65-73(3)61-43-41-53-25-11-13-27-55(53)67(61)75-65)47-51-37-39-52(40-38-51)48-70(46-50-23-9-6-10-24-50)58-30-16-18-32-60(58)72(2)64(70)34-20-36-66-74(4)62-44-42-54-26-12-14-28-56(54)68(62)76-66;6-9(7,8)5-3-1-2-4-5;1-2-4-5-3-1;;;/h5-44H,45-48H2,1-4H3;5H,1-4H2,(H,6,7,8);1-5H2;2*1H3;/q+2;;;2*-1;+2/p-1. The molecule has 0 bridgehead atoms. The Morgan fingerprint density at radius 3 is 1.18 bits per heavy atom. The number of aryl methyl sites for hydroxylation is 2. The zero-order chi connectivity index (χ0) is 61.8. The fraction of sp³-hybridized carbons (Fsp3) is 0.244. The second kappa shape index (κ2) is 29.7. The van der Waals surface area contributed by atoms with Gasteiger partial charge in [0, 0.05) is 88.0 Å². The fourth-order valence-corrected chi connectivity index (χ4v) is 18.2. The fourth-order valence-electron chi connectivity index (χ4n) is 14.9. The predicted octanol–water partition coefficient (Wildman–Crippen LogP) is 18.9. The van der Waals surface area contributed by atoms with E-state index in [9.17, 15) is 13.0 Å². The van der Waals surface area contributed by atoms with Crippen LogP contribution in [-0.2, 0) is 77.8 Å². The van der Waals surface area contributed by atoms with Gasteiger partial charge in [0.05, 0.1) is 10.1 Å². The minimum Gasteiger partial charge on any atom is -0.748 e. The van der Waals surface area contributed by atoms with Gasteiger partial charge in [-0.25, -0.2) is 8.42 Å². The molecule has 4 aliphatic rings. The van der Waals surface area contributed by atoms with Gasteiger partial charge in [0.25, 0.3) is 10.0 Å². The maximum atomic E-state index is 10.3. The van der Waals surface area contributed by atoms with Crippen LogP contribution >= 0.6 is 22.7 Å². The smallest absolute Gasteiger partial charge is 0.748 e. The van der Waals surface area contributed by atoms with Crippen molar-refractivity contribution >= 4 is 98.3 Å². The summed E-state index contributed by atoms with van der Waals surface area (Å²) in [5, 5.41) is 7.04. The first-order valence-corrected chi connectivity index (χ1v) is 35.1. The molecule has 2 aliphatic heterocycles. The molecule has 11 aromatic rings. The largest absolute Gasteiger partial charge is 2.00 e. The number of thiazole rings is 2. The van der Waals surface area contributed by atoms with Crippen LogP contribution in [0.15, 0.2) is 242 Å². The molecule has 11 heteroatoms. The first-order valence-electron chi connectivity index (χ1n) is 32.0. The topological polar surface area (TPSA) is 71.4 Å². The molecule has 0 amide bonds. The van der Waals surface area contributed by atoms with Crippen molar-refractivity contribution in [3.8, 4) is 0 Å². The van der Waals surface area contributed by atoms with E-state index in [0.717, 1.165) is 38.5 Å². The first-order chi connectivity index (χ1) is 43.9. The molecule has 0 spiro atoms.